The number of carbonyl (C=O) groups is 1. The third kappa shape index (κ3) is 3.81. The van der Waals surface area contributed by atoms with E-state index in [1.807, 2.05) is 0 Å². The Kier molecular flexibility index (Phi) is 5.62. The minimum atomic E-state index is -3.83. The van der Waals surface area contributed by atoms with E-state index in [0.717, 1.165) is 10.4 Å². The average Bonchev–Trinajstić information content (AvgIpc) is 2.59. The van der Waals surface area contributed by atoms with Gasteiger partial charge in [-0.3, -0.25) is 4.79 Å². The molecule has 1 amide bonds. The molecule has 0 radical (unpaired) electrons. The van der Waals surface area contributed by atoms with Crippen LogP contribution in [0.4, 0.5) is 23.2 Å². The van der Waals surface area contributed by atoms with E-state index in [9.17, 15) is 30.8 Å². The highest BCUT2D eigenvalue weighted by Gasteiger charge is 2.25. The van der Waals surface area contributed by atoms with E-state index < -0.39 is 44.8 Å². The van der Waals surface area contributed by atoms with E-state index in [0.29, 0.717) is 11.1 Å². The fourth-order valence-corrected chi connectivity index (χ4v) is 3.26. The van der Waals surface area contributed by atoms with Crippen LogP contribution in [0, 0.1) is 37.1 Å². The Hall–Kier alpha value is -2.46. The molecule has 0 aliphatic rings. The Balaban J connectivity index is 2.52. The van der Waals surface area contributed by atoms with Crippen LogP contribution in [0.2, 0.25) is 0 Å². The standard InChI is InChI=1S/C17H16F4N2O3S/c1-8-5-10(27(25,26)23(3)4)6-13(9(8)2)22-17(24)11-7-12(18)15(20)16(21)14(11)19/h5-7H,1-4H3,(H,22,24). The van der Waals surface area contributed by atoms with Crippen LogP contribution in [0.3, 0.4) is 0 Å². The molecule has 0 bridgehead atoms. The first-order valence-corrected chi connectivity index (χ1v) is 9.00. The Morgan fingerprint density at radius 1 is 0.963 bits per heavy atom. The van der Waals surface area contributed by atoms with Gasteiger partial charge in [-0.05, 0) is 43.2 Å². The van der Waals surface area contributed by atoms with Gasteiger partial charge in [0.15, 0.2) is 23.3 Å². The van der Waals surface area contributed by atoms with Crippen LogP contribution in [0.15, 0.2) is 23.1 Å². The summed E-state index contributed by atoms with van der Waals surface area (Å²) in [6.45, 7) is 3.16. The lowest BCUT2D eigenvalue weighted by Crippen LogP contribution is -2.23. The van der Waals surface area contributed by atoms with Gasteiger partial charge in [-0.1, -0.05) is 0 Å². The molecule has 5 nitrogen and oxygen atoms in total. The topological polar surface area (TPSA) is 66.5 Å². The molecule has 0 saturated carbocycles. The largest absolute Gasteiger partial charge is 0.322 e. The lowest BCUT2D eigenvalue weighted by molar-refractivity contribution is 0.102. The zero-order chi connectivity index (χ0) is 20.7. The zero-order valence-electron chi connectivity index (χ0n) is 14.8. The Morgan fingerprint density at radius 2 is 1.56 bits per heavy atom. The molecule has 0 aromatic heterocycles. The summed E-state index contributed by atoms with van der Waals surface area (Å²) >= 11 is 0. The van der Waals surface area contributed by atoms with E-state index in [4.69, 9.17) is 0 Å². The van der Waals surface area contributed by atoms with Crippen molar-refractivity contribution in [3.63, 3.8) is 0 Å². The van der Waals surface area contributed by atoms with Crippen LogP contribution in [0.1, 0.15) is 21.5 Å². The monoisotopic (exact) mass is 404 g/mol. The highest BCUT2D eigenvalue weighted by atomic mass is 32.2. The Labute approximate surface area is 153 Å². The molecular formula is C17H16F4N2O3S. The molecule has 0 fully saturated rings. The number of anilines is 1. The van der Waals surface area contributed by atoms with Gasteiger partial charge in [0.1, 0.15) is 0 Å². The maximum atomic E-state index is 13.8. The van der Waals surface area contributed by atoms with Crippen LogP contribution in [0.5, 0.6) is 0 Å². The molecule has 0 heterocycles. The lowest BCUT2D eigenvalue weighted by Gasteiger charge is -2.16. The summed E-state index contributed by atoms with van der Waals surface area (Å²) in [5.41, 5.74) is -0.0797. The highest BCUT2D eigenvalue weighted by Crippen LogP contribution is 2.27. The number of nitrogens with zero attached hydrogens (tertiary/aromatic N) is 1. The summed E-state index contributed by atoms with van der Waals surface area (Å²) in [4.78, 5) is 12.1. The van der Waals surface area contributed by atoms with Gasteiger partial charge < -0.3 is 5.32 Å². The van der Waals surface area contributed by atoms with E-state index >= 15 is 0 Å². The van der Waals surface area contributed by atoms with E-state index in [1.54, 1.807) is 13.8 Å². The number of aryl methyl sites for hydroxylation is 1. The van der Waals surface area contributed by atoms with Gasteiger partial charge in [-0.25, -0.2) is 30.3 Å². The third-order valence-corrected chi connectivity index (χ3v) is 5.81. The van der Waals surface area contributed by atoms with Crippen LogP contribution in [-0.2, 0) is 10.0 Å². The number of halogens is 4. The van der Waals surface area contributed by atoms with Crippen LogP contribution < -0.4 is 5.32 Å². The Bertz CT molecular complexity index is 1040. The van der Waals surface area contributed by atoms with Crippen molar-refractivity contribution in [1.29, 1.82) is 0 Å². The first-order valence-electron chi connectivity index (χ1n) is 7.56. The summed E-state index contributed by atoms with van der Waals surface area (Å²) in [7, 11) is -1.18. The van der Waals surface area contributed by atoms with Crippen molar-refractivity contribution in [3.05, 3.63) is 58.2 Å². The van der Waals surface area contributed by atoms with Crippen molar-refractivity contribution < 1.29 is 30.8 Å². The molecule has 10 heteroatoms. The molecule has 0 aliphatic heterocycles. The second-order valence-electron chi connectivity index (χ2n) is 6.00. The van der Waals surface area contributed by atoms with Crippen LogP contribution in [0.25, 0.3) is 0 Å². The molecule has 146 valence electrons. The molecule has 0 aliphatic carbocycles. The van der Waals surface area contributed by atoms with Gasteiger partial charge >= 0.3 is 0 Å². The molecule has 27 heavy (non-hydrogen) atoms. The van der Waals surface area contributed by atoms with Crippen molar-refractivity contribution in [2.45, 2.75) is 18.7 Å². The number of nitrogens with one attached hydrogen (secondary N) is 1. The fourth-order valence-electron chi connectivity index (χ4n) is 2.24. The predicted molar refractivity (Wildman–Crippen MR) is 91.0 cm³/mol. The first kappa shape index (κ1) is 20.8. The second kappa shape index (κ2) is 7.28. The molecule has 1 N–H and O–H groups in total. The smallest absolute Gasteiger partial charge is 0.258 e. The van der Waals surface area contributed by atoms with Gasteiger partial charge in [0.25, 0.3) is 5.91 Å². The molecular weight excluding hydrogens is 388 g/mol. The maximum Gasteiger partial charge on any atom is 0.258 e. The first-order chi connectivity index (χ1) is 12.4. The van der Waals surface area contributed by atoms with E-state index in [1.165, 1.54) is 20.2 Å². The van der Waals surface area contributed by atoms with Gasteiger partial charge in [-0.15, -0.1) is 0 Å². The quantitative estimate of drug-likeness (QED) is 0.483. The highest BCUT2D eigenvalue weighted by molar-refractivity contribution is 7.89. The molecule has 2 aromatic rings. The van der Waals surface area contributed by atoms with E-state index in [2.05, 4.69) is 5.32 Å². The minimum Gasteiger partial charge on any atom is -0.322 e. The summed E-state index contributed by atoms with van der Waals surface area (Å²) in [6, 6.07) is 2.76. The van der Waals surface area contributed by atoms with Gasteiger partial charge in [0.05, 0.1) is 10.5 Å². The fraction of sp³-hybridized carbons (Fsp3) is 0.235. The molecule has 2 aromatic carbocycles. The van der Waals surface area contributed by atoms with Crippen molar-refractivity contribution in [1.82, 2.24) is 4.31 Å². The summed E-state index contributed by atoms with van der Waals surface area (Å²) < 4.78 is 79.1. The normalized spacial score (nSPS) is 11.7. The summed E-state index contributed by atoms with van der Waals surface area (Å²) in [6.07, 6.45) is 0. The zero-order valence-corrected chi connectivity index (χ0v) is 15.6. The average molecular weight is 404 g/mol. The number of amides is 1. The van der Waals surface area contributed by atoms with Crippen molar-refractivity contribution in [2.75, 3.05) is 19.4 Å². The van der Waals surface area contributed by atoms with Gasteiger partial charge in [0, 0.05) is 19.8 Å². The summed E-state index contributed by atoms with van der Waals surface area (Å²) in [5.74, 6) is -8.98. The van der Waals surface area contributed by atoms with Crippen molar-refractivity contribution in [2.24, 2.45) is 0 Å². The number of carbonyl (C=O) groups excluding carboxylic acids is 1. The number of sulfonamides is 1. The minimum absolute atomic E-state index is 0.00460. The van der Waals surface area contributed by atoms with Crippen molar-refractivity contribution >= 4 is 21.6 Å². The van der Waals surface area contributed by atoms with Crippen molar-refractivity contribution in [3.8, 4) is 0 Å². The van der Waals surface area contributed by atoms with Crippen LogP contribution >= 0.6 is 0 Å². The molecule has 0 atom stereocenters. The lowest BCUT2D eigenvalue weighted by atomic mass is 10.1. The second-order valence-corrected chi connectivity index (χ2v) is 8.15. The third-order valence-electron chi connectivity index (χ3n) is 4.01. The number of benzene rings is 2. The van der Waals surface area contributed by atoms with Gasteiger partial charge in [-0.2, -0.15) is 0 Å². The number of hydrogen-bond acceptors (Lipinski definition) is 3. The number of rotatable bonds is 4. The maximum absolute atomic E-state index is 13.8. The summed E-state index contributed by atoms with van der Waals surface area (Å²) in [5, 5.41) is 2.22. The molecule has 0 saturated heterocycles. The predicted octanol–water partition coefficient (Wildman–Crippen LogP) is 3.36. The number of hydrogen-bond donors (Lipinski definition) is 1. The van der Waals surface area contributed by atoms with Crippen LogP contribution in [-0.4, -0.2) is 32.7 Å². The SMILES string of the molecule is Cc1cc(S(=O)(=O)N(C)C)cc(NC(=O)c2cc(F)c(F)c(F)c2F)c1C. The molecule has 0 spiro atoms. The molecule has 2 rings (SSSR count). The van der Waals surface area contributed by atoms with E-state index in [-0.39, 0.29) is 16.6 Å². The Morgan fingerprint density at radius 3 is 2.11 bits per heavy atom. The van der Waals surface area contributed by atoms with Gasteiger partial charge in [0.2, 0.25) is 10.0 Å². The molecule has 0 unspecified atom stereocenters.